The van der Waals surface area contributed by atoms with Crippen LogP contribution in [0.15, 0.2) is 54.6 Å². The normalized spacial score (nSPS) is 16.2. The van der Waals surface area contributed by atoms with Crippen molar-refractivity contribution >= 4 is 17.6 Å². The third kappa shape index (κ3) is 6.19. The van der Waals surface area contributed by atoms with Gasteiger partial charge in [-0.3, -0.25) is 0 Å². The molecule has 0 aliphatic carbocycles. The molecule has 1 heterocycles. The lowest BCUT2D eigenvalue weighted by atomic mass is 9.83. The summed E-state index contributed by atoms with van der Waals surface area (Å²) in [6.45, 7) is 6.47. The number of benzene rings is 2. The molecule has 2 aromatic carbocycles. The van der Waals surface area contributed by atoms with Crippen molar-refractivity contribution in [2.24, 2.45) is 0 Å². The van der Waals surface area contributed by atoms with Gasteiger partial charge in [-0.1, -0.05) is 50.2 Å². The van der Waals surface area contributed by atoms with Crippen molar-refractivity contribution in [2.75, 3.05) is 19.3 Å². The van der Waals surface area contributed by atoms with Gasteiger partial charge in [-0.25, -0.2) is 9.59 Å². The van der Waals surface area contributed by atoms with Crippen LogP contribution in [0.1, 0.15) is 47.9 Å². The Bertz CT molecular complexity index is 872. The van der Waals surface area contributed by atoms with E-state index in [1.807, 2.05) is 6.07 Å². The standard InChI is InChI=1S/C19H24N2.C4H4O4/c1-13(2)14-7-9-15(10-8-14)17-11-21(3)12-18-16(17)5-4-6-19(18)20;5-3(6)1-2-4(7)8/h4-10,13,17H,11-12,20H2,1-3H3;1-2H,(H,5,6)(H,7,8)/b;2-1-. The number of rotatable bonds is 4. The van der Waals surface area contributed by atoms with E-state index in [4.69, 9.17) is 15.9 Å². The lowest BCUT2D eigenvalue weighted by Gasteiger charge is -2.33. The van der Waals surface area contributed by atoms with Gasteiger partial charge in [0.15, 0.2) is 0 Å². The predicted octanol–water partition coefficient (Wildman–Crippen LogP) is 3.68. The van der Waals surface area contributed by atoms with Crippen LogP contribution in [0.3, 0.4) is 0 Å². The first-order valence-corrected chi connectivity index (χ1v) is 9.48. The molecule has 0 fully saturated rings. The fraction of sp³-hybridized carbons (Fsp3) is 0.304. The smallest absolute Gasteiger partial charge is 0.328 e. The number of fused-ring (bicyclic) bond motifs is 1. The number of anilines is 1. The average molecular weight is 396 g/mol. The van der Waals surface area contributed by atoms with E-state index in [1.165, 1.54) is 22.3 Å². The molecule has 1 atom stereocenters. The highest BCUT2D eigenvalue weighted by Gasteiger charge is 2.25. The summed E-state index contributed by atoms with van der Waals surface area (Å²) < 4.78 is 0. The highest BCUT2D eigenvalue weighted by molar-refractivity contribution is 5.89. The molecule has 0 saturated carbocycles. The highest BCUT2D eigenvalue weighted by Crippen LogP contribution is 2.35. The van der Waals surface area contributed by atoms with Gasteiger partial charge in [0.05, 0.1) is 0 Å². The summed E-state index contributed by atoms with van der Waals surface area (Å²) in [6.07, 6.45) is 1.12. The summed E-state index contributed by atoms with van der Waals surface area (Å²) in [5, 5.41) is 15.6. The van der Waals surface area contributed by atoms with Gasteiger partial charge in [-0.2, -0.15) is 0 Å². The summed E-state index contributed by atoms with van der Waals surface area (Å²) >= 11 is 0. The van der Waals surface area contributed by atoms with Crippen molar-refractivity contribution in [1.82, 2.24) is 4.90 Å². The molecule has 6 nitrogen and oxygen atoms in total. The number of carbonyl (C=O) groups is 2. The predicted molar refractivity (Wildman–Crippen MR) is 114 cm³/mol. The Labute approximate surface area is 171 Å². The molecule has 29 heavy (non-hydrogen) atoms. The summed E-state index contributed by atoms with van der Waals surface area (Å²) in [5.41, 5.74) is 12.6. The van der Waals surface area contributed by atoms with Crippen molar-refractivity contribution < 1.29 is 19.8 Å². The topological polar surface area (TPSA) is 104 Å². The summed E-state index contributed by atoms with van der Waals surface area (Å²) in [4.78, 5) is 21.5. The molecule has 0 spiro atoms. The molecule has 0 radical (unpaired) electrons. The van der Waals surface area contributed by atoms with E-state index < -0.39 is 11.9 Å². The van der Waals surface area contributed by atoms with Crippen LogP contribution < -0.4 is 5.73 Å². The van der Waals surface area contributed by atoms with Gasteiger partial charge in [-0.15, -0.1) is 0 Å². The first kappa shape index (κ1) is 22.2. The Hall–Kier alpha value is -3.12. The van der Waals surface area contributed by atoms with Crippen molar-refractivity contribution in [3.8, 4) is 0 Å². The fourth-order valence-electron chi connectivity index (χ4n) is 3.42. The van der Waals surface area contributed by atoms with Crippen LogP contribution in [0.25, 0.3) is 0 Å². The molecule has 154 valence electrons. The maximum absolute atomic E-state index is 9.55. The van der Waals surface area contributed by atoms with E-state index in [0.29, 0.717) is 24.0 Å². The summed E-state index contributed by atoms with van der Waals surface area (Å²) in [5.74, 6) is -1.51. The molecule has 1 aliphatic heterocycles. The molecule has 0 bridgehead atoms. The number of hydrogen-bond donors (Lipinski definition) is 3. The van der Waals surface area contributed by atoms with Crippen LogP contribution in [0.5, 0.6) is 0 Å². The number of nitrogen functional groups attached to an aromatic ring is 1. The second kappa shape index (κ2) is 9.89. The van der Waals surface area contributed by atoms with Gasteiger partial charge >= 0.3 is 11.9 Å². The third-order valence-electron chi connectivity index (χ3n) is 4.92. The van der Waals surface area contributed by atoms with E-state index in [2.05, 4.69) is 62.2 Å². The number of carboxylic acids is 2. The van der Waals surface area contributed by atoms with Gasteiger partial charge in [0.25, 0.3) is 0 Å². The van der Waals surface area contributed by atoms with E-state index in [-0.39, 0.29) is 0 Å². The Morgan fingerprint density at radius 2 is 1.66 bits per heavy atom. The minimum atomic E-state index is -1.26. The van der Waals surface area contributed by atoms with Crippen molar-refractivity contribution in [2.45, 2.75) is 32.2 Å². The molecule has 1 unspecified atom stereocenters. The molecule has 2 aromatic rings. The third-order valence-corrected chi connectivity index (χ3v) is 4.92. The van der Waals surface area contributed by atoms with Crippen LogP contribution in [0.2, 0.25) is 0 Å². The molecule has 0 aromatic heterocycles. The van der Waals surface area contributed by atoms with Crippen LogP contribution in [0.4, 0.5) is 5.69 Å². The zero-order chi connectivity index (χ0) is 21.6. The number of hydrogen-bond acceptors (Lipinski definition) is 4. The van der Waals surface area contributed by atoms with Crippen LogP contribution >= 0.6 is 0 Å². The van der Waals surface area contributed by atoms with E-state index in [0.717, 1.165) is 18.8 Å². The highest BCUT2D eigenvalue weighted by atomic mass is 16.4. The zero-order valence-corrected chi connectivity index (χ0v) is 17.0. The minimum absolute atomic E-state index is 0.420. The molecule has 1 aliphatic rings. The second-order valence-electron chi connectivity index (χ2n) is 7.50. The SMILES string of the molecule is CC(C)c1ccc(C2CN(C)Cc3c(N)cccc32)cc1.O=C(O)/C=C\C(=O)O. The minimum Gasteiger partial charge on any atom is -0.478 e. The Kier molecular flexibility index (Phi) is 7.56. The first-order valence-electron chi connectivity index (χ1n) is 9.48. The summed E-state index contributed by atoms with van der Waals surface area (Å²) in [7, 11) is 2.17. The Balaban J connectivity index is 0.000000321. The average Bonchev–Trinajstić information content (AvgIpc) is 2.67. The maximum Gasteiger partial charge on any atom is 0.328 e. The fourth-order valence-corrected chi connectivity index (χ4v) is 3.42. The van der Waals surface area contributed by atoms with E-state index in [1.54, 1.807) is 0 Å². The number of carboxylic acid groups (broad SMARTS) is 2. The van der Waals surface area contributed by atoms with Gasteiger partial charge in [-0.05, 0) is 41.3 Å². The molecular weight excluding hydrogens is 368 g/mol. The van der Waals surface area contributed by atoms with E-state index >= 15 is 0 Å². The first-order chi connectivity index (χ1) is 13.7. The molecule has 4 N–H and O–H groups in total. The second-order valence-corrected chi connectivity index (χ2v) is 7.50. The number of likely N-dealkylation sites (N-methyl/N-ethyl adjacent to an activating group) is 1. The largest absolute Gasteiger partial charge is 0.478 e. The quantitative estimate of drug-likeness (QED) is 0.538. The van der Waals surface area contributed by atoms with Crippen molar-refractivity contribution in [1.29, 1.82) is 0 Å². The van der Waals surface area contributed by atoms with E-state index in [9.17, 15) is 9.59 Å². The monoisotopic (exact) mass is 396 g/mol. The van der Waals surface area contributed by atoms with Crippen molar-refractivity contribution in [3.05, 3.63) is 76.9 Å². The molecule has 0 amide bonds. The lowest BCUT2D eigenvalue weighted by molar-refractivity contribution is -0.134. The Morgan fingerprint density at radius 3 is 2.17 bits per heavy atom. The van der Waals surface area contributed by atoms with Gasteiger partial charge in [0, 0.05) is 36.8 Å². The molecule has 6 heteroatoms. The number of aliphatic carboxylic acids is 2. The van der Waals surface area contributed by atoms with Crippen LogP contribution in [-0.4, -0.2) is 40.6 Å². The lowest BCUT2D eigenvalue weighted by Crippen LogP contribution is -2.31. The van der Waals surface area contributed by atoms with Crippen LogP contribution in [0, 0.1) is 0 Å². The van der Waals surface area contributed by atoms with Crippen LogP contribution in [-0.2, 0) is 16.1 Å². The van der Waals surface area contributed by atoms with Gasteiger partial charge in [0.2, 0.25) is 0 Å². The Morgan fingerprint density at radius 1 is 1.07 bits per heavy atom. The molecule has 3 rings (SSSR count). The zero-order valence-electron chi connectivity index (χ0n) is 17.0. The number of nitrogens with two attached hydrogens (primary N) is 1. The van der Waals surface area contributed by atoms with Crippen molar-refractivity contribution in [3.63, 3.8) is 0 Å². The molecule has 0 saturated heterocycles. The summed E-state index contributed by atoms with van der Waals surface area (Å²) in [6, 6.07) is 15.4. The van der Waals surface area contributed by atoms with Gasteiger partial charge in [0.1, 0.15) is 0 Å². The van der Waals surface area contributed by atoms with Gasteiger partial charge < -0.3 is 20.8 Å². The molecular formula is C23H28N2O4. The maximum atomic E-state index is 9.55. The number of nitrogens with zero attached hydrogens (tertiary/aromatic N) is 1.